The molecule has 1 rings (SSSR count). The molecule has 97 valence electrons. The Morgan fingerprint density at radius 2 is 1.35 bits per heavy atom. The molecule has 1 aliphatic carbocycles. The summed E-state index contributed by atoms with van der Waals surface area (Å²) in [4.78, 5) is 0. The van der Waals surface area contributed by atoms with E-state index in [2.05, 4.69) is 48.5 Å². The topological polar surface area (TPSA) is 14.1 Å². The fraction of sp³-hybridized carbons (Fsp3) is 0.692. The van der Waals surface area contributed by atoms with Crippen molar-refractivity contribution in [2.75, 3.05) is 0 Å². The third kappa shape index (κ3) is 5.49. The monoisotopic (exact) mass is 352 g/mol. The Kier molecular flexibility index (Phi) is 10.8. The smallest absolute Gasteiger partial charge is 1.00 e. The zero-order valence-corrected chi connectivity index (χ0v) is 15.8. The third-order valence-electron chi connectivity index (χ3n) is 3.05. The van der Waals surface area contributed by atoms with Gasteiger partial charge in [0.15, 0.2) is 0 Å². The van der Waals surface area contributed by atoms with Crippen molar-refractivity contribution in [2.45, 2.75) is 54.0 Å². The molecule has 17 heavy (non-hydrogen) atoms. The number of rotatable bonds is 1. The van der Waals surface area contributed by atoms with Gasteiger partial charge in [0.05, 0.1) is 0 Å². The summed E-state index contributed by atoms with van der Waals surface area (Å²) in [7, 11) is 0. The maximum atomic E-state index is 4.81. The van der Waals surface area contributed by atoms with Crippen LogP contribution >= 0.6 is 0 Å². The standard InChI is InChI=1S/C13H22N.2ClH.Zr/c1-8-9(2)11(4)12(10(8)3)14-13(5,6)7;;;/h10H,1-7H3;2*1H;/q-1;;;+3/p-2. The number of allylic oxidation sites excluding steroid dienone is 3. The van der Waals surface area contributed by atoms with Crippen LogP contribution in [0.3, 0.4) is 0 Å². The van der Waals surface area contributed by atoms with Crippen molar-refractivity contribution in [3.05, 3.63) is 27.7 Å². The SMILES string of the molecule is CC1=C(C)C(C)C([N-]C(C)(C)C)=C1C.[Cl-].[Cl-].[Zr+3]. The summed E-state index contributed by atoms with van der Waals surface area (Å²) in [5, 5.41) is 4.81. The molecule has 0 bridgehead atoms. The van der Waals surface area contributed by atoms with E-state index in [4.69, 9.17) is 5.32 Å². The van der Waals surface area contributed by atoms with Crippen LogP contribution in [0.2, 0.25) is 0 Å². The quantitative estimate of drug-likeness (QED) is 0.540. The molecule has 0 spiro atoms. The maximum Gasteiger partial charge on any atom is 3.00 e. The molecule has 0 aromatic carbocycles. The van der Waals surface area contributed by atoms with E-state index in [9.17, 15) is 0 Å². The fourth-order valence-electron chi connectivity index (χ4n) is 1.88. The molecule has 0 fully saturated rings. The summed E-state index contributed by atoms with van der Waals surface area (Å²) in [6.07, 6.45) is 0. The zero-order chi connectivity index (χ0) is 11.1. The third-order valence-corrected chi connectivity index (χ3v) is 3.05. The predicted octanol–water partition coefficient (Wildman–Crippen LogP) is -1.58. The first-order valence-electron chi connectivity index (χ1n) is 5.35. The van der Waals surface area contributed by atoms with Crippen molar-refractivity contribution in [3.63, 3.8) is 0 Å². The van der Waals surface area contributed by atoms with Crippen LogP contribution in [-0.4, -0.2) is 5.54 Å². The summed E-state index contributed by atoms with van der Waals surface area (Å²) < 4.78 is 0. The molecule has 0 heterocycles. The van der Waals surface area contributed by atoms with Gasteiger partial charge in [-0.3, -0.25) is 0 Å². The number of hydrogen-bond acceptors (Lipinski definition) is 0. The molecule has 0 saturated carbocycles. The van der Waals surface area contributed by atoms with Gasteiger partial charge in [-0.1, -0.05) is 44.4 Å². The average molecular weight is 354 g/mol. The van der Waals surface area contributed by atoms with Gasteiger partial charge in [-0.15, -0.1) is 5.54 Å². The van der Waals surface area contributed by atoms with Gasteiger partial charge in [-0.25, -0.2) is 0 Å². The molecule has 1 nitrogen and oxygen atoms in total. The second-order valence-corrected chi connectivity index (χ2v) is 5.32. The Bertz CT molecular complexity index is 314. The normalized spacial score (nSPS) is 19.4. The zero-order valence-electron chi connectivity index (χ0n) is 11.8. The van der Waals surface area contributed by atoms with E-state index in [1.807, 2.05) is 0 Å². The summed E-state index contributed by atoms with van der Waals surface area (Å²) in [5.41, 5.74) is 5.61. The van der Waals surface area contributed by atoms with Gasteiger partial charge in [-0.2, -0.15) is 5.70 Å². The molecule has 1 unspecified atom stereocenters. The summed E-state index contributed by atoms with van der Waals surface area (Å²) >= 11 is 0. The van der Waals surface area contributed by atoms with Crippen molar-refractivity contribution in [3.8, 4) is 0 Å². The van der Waals surface area contributed by atoms with Gasteiger partial charge < -0.3 is 30.1 Å². The molecular weight excluding hydrogens is 332 g/mol. The first-order chi connectivity index (χ1) is 6.24. The molecule has 1 atom stereocenters. The summed E-state index contributed by atoms with van der Waals surface area (Å²) in [6.45, 7) is 15.3. The van der Waals surface area contributed by atoms with E-state index in [-0.39, 0.29) is 56.6 Å². The van der Waals surface area contributed by atoms with Crippen molar-refractivity contribution >= 4 is 0 Å². The van der Waals surface area contributed by atoms with Crippen LogP contribution in [0.15, 0.2) is 22.4 Å². The Labute approximate surface area is 138 Å². The van der Waals surface area contributed by atoms with Crippen molar-refractivity contribution in [1.82, 2.24) is 0 Å². The Balaban J connectivity index is -0.000000653. The van der Waals surface area contributed by atoms with Crippen LogP contribution in [0.5, 0.6) is 0 Å². The average Bonchev–Trinajstić information content (AvgIpc) is 2.20. The van der Waals surface area contributed by atoms with Crippen molar-refractivity contribution in [1.29, 1.82) is 0 Å². The van der Waals surface area contributed by atoms with E-state index in [1.54, 1.807) is 0 Å². The van der Waals surface area contributed by atoms with E-state index in [0.717, 1.165) is 0 Å². The maximum absolute atomic E-state index is 4.81. The van der Waals surface area contributed by atoms with Crippen LogP contribution in [-0.2, 0) is 26.2 Å². The van der Waals surface area contributed by atoms with Crippen LogP contribution in [0, 0.1) is 5.92 Å². The van der Waals surface area contributed by atoms with E-state index in [0.29, 0.717) is 5.92 Å². The molecule has 1 aliphatic rings. The van der Waals surface area contributed by atoms with E-state index in [1.165, 1.54) is 22.4 Å². The molecule has 0 aliphatic heterocycles. The first-order valence-corrected chi connectivity index (χ1v) is 5.35. The molecule has 0 saturated heterocycles. The molecule has 0 N–H and O–H groups in total. The van der Waals surface area contributed by atoms with Crippen molar-refractivity contribution < 1.29 is 51.0 Å². The minimum atomic E-state index is 0. The van der Waals surface area contributed by atoms with Gasteiger partial charge in [-0.05, 0) is 26.7 Å². The first kappa shape index (κ1) is 22.9. The fourth-order valence-corrected chi connectivity index (χ4v) is 1.88. The second-order valence-electron chi connectivity index (χ2n) is 5.32. The second kappa shape index (κ2) is 8.02. The van der Waals surface area contributed by atoms with Gasteiger partial charge in [0.2, 0.25) is 0 Å². The minimum Gasteiger partial charge on any atom is -1.00 e. The van der Waals surface area contributed by atoms with Crippen LogP contribution in [0.1, 0.15) is 48.5 Å². The molecular formula is C13H22Cl2NZr. The van der Waals surface area contributed by atoms with Crippen LogP contribution in [0.4, 0.5) is 0 Å². The van der Waals surface area contributed by atoms with E-state index >= 15 is 0 Å². The number of nitrogens with zero attached hydrogens (tertiary/aromatic N) is 1. The number of halogens is 2. The summed E-state index contributed by atoms with van der Waals surface area (Å²) in [6, 6.07) is 0. The van der Waals surface area contributed by atoms with E-state index < -0.39 is 0 Å². The predicted molar refractivity (Wildman–Crippen MR) is 63.4 cm³/mol. The Hall–Kier alpha value is 0.743. The molecule has 4 heteroatoms. The van der Waals surface area contributed by atoms with Crippen molar-refractivity contribution in [2.24, 2.45) is 5.92 Å². The van der Waals surface area contributed by atoms with Gasteiger partial charge >= 0.3 is 26.2 Å². The molecule has 0 amide bonds. The minimum absolute atomic E-state index is 0. The molecule has 0 aromatic heterocycles. The Morgan fingerprint density at radius 3 is 1.59 bits per heavy atom. The van der Waals surface area contributed by atoms with Gasteiger partial charge in [0, 0.05) is 0 Å². The summed E-state index contributed by atoms with van der Waals surface area (Å²) in [5.74, 6) is 0.509. The molecule has 1 radical (unpaired) electrons. The van der Waals surface area contributed by atoms with Gasteiger partial charge in [0.25, 0.3) is 0 Å². The Morgan fingerprint density at radius 1 is 0.941 bits per heavy atom. The molecule has 0 aromatic rings. The number of hydrogen-bond donors (Lipinski definition) is 0. The van der Waals surface area contributed by atoms with Crippen LogP contribution in [0.25, 0.3) is 5.32 Å². The largest absolute Gasteiger partial charge is 3.00 e. The van der Waals surface area contributed by atoms with Gasteiger partial charge in [0.1, 0.15) is 0 Å². The van der Waals surface area contributed by atoms with Crippen LogP contribution < -0.4 is 24.8 Å².